The van der Waals surface area contributed by atoms with Gasteiger partial charge in [-0.15, -0.1) is 0 Å². The summed E-state index contributed by atoms with van der Waals surface area (Å²) in [4.78, 5) is 22.9. The Bertz CT molecular complexity index is 522. The van der Waals surface area contributed by atoms with Crippen LogP contribution in [0.1, 0.15) is 30.9 Å². The van der Waals surface area contributed by atoms with Gasteiger partial charge >= 0.3 is 5.97 Å². The summed E-state index contributed by atoms with van der Waals surface area (Å²) in [5.41, 5.74) is 6.74. The fourth-order valence-electron chi connectivity index (χ4n) is 2.30. The quantitative estimate of drug-likeness (QED) is 0.724. The largest absolute Gasteiger partial charge is 0.481 e. The van der Waals surface area contributed by atoms with E-state index in [1.54, 1.807) is 19.1 Å². The lowest BCUT2D eigenvalue weighted by Gasteiger charge is -2.23. The Balaban J connectivity index is 2.00. The van der Waals surface area contributed by atoms with E-state index in [1.165, 1.54) is 0 Å². The van der Waals surface area contributed by atoms with E-state index in [1.807, 2.05) is 12.1 Å². The molecule has 1 unspecified atom stereocenters. The number of carboxylic acids is 1. The Kier molecular flexibility index (Phi) is 4.09. The Morgan fingerprint density at radius 2 is 1.95 bits per heavy atom. The van der Waals surface area contributed by atoms with Gasteiger partial charge in [0.15, 0.2) is 0 Å². The van der Waals surface area contributed by atoms with E-state index in [0.29, 0.717) is 12.1 Å². The average Bonchev–Trinajstić information content (AvgIpc) is 3.21. The van der Waals surface area contributed by atoms with Gasteiger partial charge in [-0.1, -0.05) is 24.3 Å². The first-order valence-corrected chi connectivity index (χ1v) is 6.77. The highest BCUT2D eigenvalue weighted by Crippen LogP contribution is 2.38. The number of benzene rings is 1. The van der Waals surface area contributed by atoms with Crippen LogP contribution < -0.4 is 11.1 Å². The number of rotatable bonds is 6. The third-order valence-electron chi connectivity index (χ3n) is 3.81. The number of aliphatic carboxylic acids is 1. The zero-order valence-corrected chi connectivity index (χ0v) is 11.6. The molecule has 1 atom stereocenters. The molecule has 0 saturated heterocycles. The van der Waals surface area contributed by atoms with Crippen molar-refractivity contribution >= 4 is 11.9 Å². The van der Waals surface area contributed by atoms with Crippen molar-refractivity contribution in [1.82, 2.24) is 5.32 Å². The normalized spacial score (nSPS) is 17.3. The molecule has 5 nitrogen and oxygen atoms in total. The van der Waals surface area contributed by atoms with Crippen molar-refractivity contribution in [1.29, 1.82) is 0 Å². The van der Waals surface area contributed by atoms with E-state index in [0.717, 1.165) is 18.4 Å². The van der Waals surface area contributed by atoms with Gasteiger partial charge in [0.05, 0.1) is 12.0 Å². The third-order valence-corrected chi connectivity index (χ3v) is 3.81. The highest BCUT2D eigenvalue weighted by atomic mass is 16.4. The third kappa shape index (κ3) is 3.36. The van der Waals surface area contributed by atoms with E-state index in [2.05, 4.69) is 5.32 Å². The highest BCUT2D eigenvalue weighted by molar-refractivity contribution is 5.86. The Hall–Kier alpha value is -1.88. The van der Waals surface area contributed by atoms with Gasteiger partial charge in [0.25, 0.3) is 0 Å². The molecule has 1 aromatic carbocycles. The van der Waals surface area contributed by atoms with Gasteiger partial charge in [-0.2, -0.15) is 0 Å². The predicted octanol–water partition coefficient (Wildman–Crippen LogP) is 1.06. The molecule has 1 saturated carbocycles. The molecule has 0 heterocycles. The topological polar surface area (TPSA) is 92.4 Å². The molecule has 0 aliphatic heterocycles. The van der Waals surface area contributed by atoms with E-state index >= 15 is 0 Å². The van der Waals surface area contributed by atoms with Crippen LogP contribution >= 0.6 is 0 Å². The van der Waals surface area contributed by atoms with Crippen LogP contribution in [0.5, 0.6) is 0 Å². The Morgan fingerprint density at radius 3 is 2.50 bits per heavy atom. The van der Waals surface area contributed by atoms with Crippen molar-refractivity contribution in [2.24, 2.45) is 11.7 Å². The van der Waals surface area contributed by atoms with Crippen LogP contribution in [0.2, 0.25) is 0 Å². The first-order chi connectivity index (χ1) is 9.41. The minimum Gasteiger partial charge on any atom is -0.481 e. The van der Waals surface area contributed by atoms with Crippen molar-refractivity contribution in [2.45, 2.75) is 38.3 Å². The molecule has 1 amide bonds. The molecule has 20 heavy (non-hydrogen) atoms. The second-order valence-corrected chi connectivity index (χ2v) is 5.58. The van der Waals surface area contributed by atoms with Gasteiger partial charge in [-0.3, -0.25) is 9.59 Å². The lowest BCUT2D eigenvalue weighted by Crippen LogP contribution is -2.53. The summed E-state index contributed by atoms with van der Waals surface area (Å²) < 4.78 is 0. The maximum Gasteiger partial charge on any atom is 0.307 e. The maximum atomic E-state index is 12.1. The van der Waals surface area contributed by atoms with Crippen molar-refractivity contribution in [3.05, 3.63) is 35.4 Å². The van der Waals surface area contributed by atoms with Crippen molar-refractivity contribution < 1.29 is 14.7 Å². The molecule has 5 heteroatoms. The van der Waals surface area contributed by atoms with Gasteiger partial charge in [-0.25, -0.2) is 0 Å². The molecule has 4 N–H and O–H groups in total. The molecule has 0 aromatic heterocycles. The molecule has 1 aliphatic rings. The Labute approximate surface area is 118 Å². The fourth-order valence-corrected chi connectivity index (χ4v) is 2.30. The van der Waals surface area contributed by atoms with Crippen molar-refractivity contribution in [3.8, 4) is 0 Å². The summed E-state index contributed by atoms with van der Waals surface area (Å²) in [5.74, 6) is -0.799. The number of amides is 1. The summed E-state index contributed by atoms with van der Waals surface area (Å²) in [6.45, 7) is 2.06. The monoisotopic (exact) mass is 276 g/mol. The summed E-state index contributed by atoms with van der Waals surface area (Å²) in [6, 6.07) is 7.21. The minimum atomic E-state index is -0.884. The summed E-state index contributed by atoms with van der Waals surface area (Å²) in [7, 11) is 0. The van der Waals surface area contributed by atoms with E-state index in [-0.39, 0.29) is 18.2 Å². The second-order valence-electron chi connectivity index (χ2n) is 5.58. The summed E-state index contributed by atoms with van der Waals surface area (Å²) in [5, 5.41) is 11.7. The Morgan fingerprint density at radius 1 is 1.35 bits per heavy atom. The van der Waals surface area contributed by atoms with Gasteiger partial charge in [0.1, 0.15) is 0 Å². The van der Waals surface area contributed by atoms with Crippen molar-refractivity contribution in [2.75, 3.05) is 0 Å². The van der Waals surface area contributed by atoms with Crippen LogP contribution in [-0.4, -0.2) is 22.5 Å². The van der Waals surface area contributed by atoms with Crippen LogP contribution in [0.25, 0.3) is 0 Å². The van der Waals surface area contributed by atoms with Crippen LogP contribution in [0.4, 0.5) is 0 Å². The molecule has 2 rings (SSSR count). The van der Waals surface area contributed by atoms with Gasteiger partial charge in [0, 0.05) is 6.54 Å². The zero-order valence-electron chi connectivity index (χ0n) is 11.6. The second kappa shape index (κ2) is 5.63. The number of carbonyl (C=O) groups is 2. The zero-order chi connectivity index (χ0) is 14.8. The number of nitrogens with one attached hydrogen (secondary N) is 1. The van der Waals surface area contributed by atoms with E-state index in [9.17, 15) is 9.59 Å². The smallest absolute Gasteiger partial charge is 0.307 e. The number of nitrogens with two attached hydrogens (primary N) is 1. The number of hydrogen-bond donors (Lipinski definition) is 3. The van der Waals surface area contributed by atoms with Crippen LogP contribution in [0.3, 0.4) is 0 Å². The van der Waals surface area contributed by atoms with Crippen LogP contribution in [-0.2, 0) is 22.6 Å². The number of hydrogen-bond acceptors (Lipinski definition) is 3. The lowest BCUT2D eigenvalue weighted by atomic mass is 9.96. The molecule has 1 aromatic rings. The SMILES string of the molecule is CC(N)(C(=O)NCc1ccccc1CC(=O)O)C1CC1. The maximum absolute atomic E-state index is 12.1. The van der Waals surface area contributed by atoms with Crippen LogP contribution in [0.15, 0.2) is 24.3 Å². The molecular weight excluding hydrogens is 256 g/mol. The number of carboxylic acid groups (broad SMARTS) is 1. The van der Waals surface area contributed by atoms with Gasteiger partial charge < -0.3 is 16.2 Å². The predicted molar refractivity (Wildman–Crippen MR) is 74.9 cm³/mol. The van der Waals surface area contributed by atoms with Gasteiger partial charge in [0.2, 0.25) is 5.91 Å². The summed E-state index contributed by atoms with van der Waals surface area (Å²) in [6.07, 6.45) is 1.95. The molecule has 1 aliphatic carbocycles. The lowest BCUT2D eigenvalue weighted by molar-refractivity contribution is -0.136. The van der Waals surface area contributed by atoms with E-state index in [4.69, 9.17) is 10.8 Å². The summed E-state index contributed by atoms with van der Waals surface area (Å²) >= 11 is 0. The van der Waals surface area contributed by atoms with Crippen LogP contribution in [0, 0.1) is 5.92 Å². The first-order valence-electron chi connectivity index (χ1n) is 6.77. The number of carbonyl (C=O) groups excluding carboxylic acids is 1. The molecular formula is C15H20N2O3. The molecule has 0 spiro atoms. The standard InChI is InChI=1S/C15H20N2O3/c1-15(16,12-6-7-12)14(20)17-9-11-5-3-2-4-10(11)8-13(18)19/h2-5,12H,6-9,16H2,1H3,(H,17,20)(H,18,19). The van der Waals surface area contributed by atoms with E-state index < -0.39 is 11.5 Å². The molecule has 0 bridgehead atoms. The minimum absolute atomic E-state index is 0.0471. The molecule has 0 radical (unpaired) electrons. The average molecular weight is 276 g/mol. The fraction of sp³-hybridized carbons (Fsp3) is 0.467. The first kappa shape index (κ1) is 14.5. The highest BCUT2D eigenvalue weighted by Gasteiger charge is 2.43. The van der Waals surface area contributed by atoms with Gasteiger partial charge in [-0.05, 0) is 36.8 Å². The molecule has 1 fully saturated rings. The molecule has 108 valence electrons. The van der Waals surface area contributed by atoms with Crippen molar-refractivity contribution in [3.63, 3.8) is 0 Å².